The van der Waals surface area contributed by atoms with Gasteiger partial charge in [-0.05, 0) is 49.9 Å². The molecule has 1 aliphatic carbocycles. The Morgan fingerprint density at radius 2 is 1.87 bits per heavy atom. The Morgan fingerprint density at radius 1 is 1.03 bits per heavy atom. The third-order valence-corrected chi connectivity index (χ3v) is 6.47. The molecule has 1 saturated carbocycles. The summed E-state index contributed by atoms with van der Waals surface area (Å²) >= 11 is 0. The molecule has 1 aromatic heterocycles. The van der Waals surface area contributed by atoms with Crippen molar-refractivity contribution < 1.29 is 4.79 Å². The average molecular weight is 418 g/mol. The molecule has 1 spiro atoms. The minimum atomic E-state index is -0.520. The molecule has 1 fully saturated rings. The first-order chi connectivity index (χ1) is 15.1. The van der Waals surface area contributed by atoms with Gasteiger partial charge in [0.05, 0.1) is 5.69 Å². The number of carbonyl (C=O) groups is 1. The number of guanidine groups is 2. The van der Waals surface area contributed by atoms with Crippen molar-refractivity contribution in [2.45, 2.75) is 50.7 Å². The normalized spacial score (nSPS) is 19.9. The molecule has 3 aliphatic rings. The van der Waals surface area contributed by atoms with E-state index < -0.39 is 5.66 Å². The lowest BCUT2D eigenvalue weighted by Crippen LogP contribution is -2.58. The summed E-state index contributed by atoms with van der Waals surface area (Å²) in [6.07, 6.45) is 7.52. The van der Waals surface area contributed by atoms with Crippen LogP contribution in [0.1, 0.15) is 53.7 Å². The molecule has 0 radical (unpaired) electrons. The molecular formula is C23H27N7O. The lowest BCUT2D eigenvalue weighted by atomic mass is 9.86. The average Bonchev–Trinajstić information content (AvgIpc) is 3.09. The first-order valence-electron chi connectivity index (χ1n) is 10.9. The maximum absolute atomic E-state index is 13.1. The fourth-order valence-corrected chi connectivity index (χ4v) is 5.03. The lowest BCUT2D eigenvalue weighted by Gasteiger charge is -2.46. The number of rotatable bonds is 4. The highest BCUT2D eigenvalue weighted by molar-refractivity contribution is 6.08. The topological polar surface area (TPSA) is 113 Å². The van der Waals surface area contributed by atoms with Crippen LogP contribution in [0.5, 0.6) is 0 Å². The molecule has 5 rings (SSSR count). The number of pyridine rings is 1. The third kappa shape index (κ3) is 3.41. The van der Waals surface area contributed by atoms with E-state index in [9.17, 15) is 4.79 Å². The van der Waals surface area contributed by atoms with Gasteiger partial charge in [0.15, 0.2) is 0 Å². The quantitative estimate of drug-likeness (QED) is 0.793. The highest BCUT2D eigenvalue weighted by Gasteiger charge is 2.44. The summed E-state index contributed by atoms with van der Waals surface area (Å²) in [5.74, 6) is 0.625. The van der Waals surface area contributed by atoms with Gasteiger partial charge in [-0.2, -0.15) is 4.99 Å². The number of nitrogens with two attached hydrogens (primary N) is 2. The molecule has 0 unspecified atom stereocenters. The number of hydrogen-bond acceptors (Lipinski definition) is 7. The zero-order valence-electron chi connectivity index (χ0n) is 17.5. The molecule has 0 bridgehead atoms. The number of carbonyl (C=O) groups excluding carboxylic acids is 1. The minimum Gasteiger partial charge on any atom is -0.369 e. The van der Waals surface area contributed by atoms with Crippen molar-refractivity contribution in [2.75, 3.05) is 11.4 Å². The van der Waals surface area contributed by atoms with E-state index in [2.05, 4.69) is 9.98 Å². The van der Waals surface area contributed by atoms with Crippen LogP contribution in [0.25, 0.3) is 0 Å². The Morgan fingerprint density at radius 3 is 2.65 bits per heavy atom. The van der Waals surface area contributed by atoms with E-state index in [0.717, 1.165) is 48.2 Å². The third-order valence-electron chi connectivity index (χ3n) is 6.47. The number of benzene rings is 1. The summed E-state index contributed by atoms with van der Waals surface area (Å²) in [6, 6.07) is 11.7. The maximum atomic E-state index is 13.1. The number of aliphatic imine (C=N–C) groups is 2. The van der Waals surface area contributed by atoms with Gasteiger partial charge in [0.2, 0.25) is 11.9 Å². The summed E-state index contributed by atoms with van der Waals surface area (Å²) in [5.41, 5.74) is 15.5. The summed E-state index contributed by atoms with van der Waals surface area (Å²) in [5, 5.41) is 0. The van der Waals surface area contributed by atoms with Crippen LogP contribution in [0, 0.1) is 0 Å². The fourth-order valence-electron chi connectivity index (χ4n) is 5.03. The van der Waals surface area contributed by atoms with Crippen molar-refractivity contribution in [1.82, 2.24) is 9.88 Å². The fraction of sp³-hybridized carbons (Fsp3) is 0.391. The van der Waals surface area contributed by atoms with Crippen LogP contribution in [-0.4, -0.2) is 39.9 Å². The van der Waals surface area contributed by atoms with Crippen molar-refractivity contribution in [2.24, 2.45) is 21.5 Å². The van der Waals surface area contributed by atoms with Crippen LogP contribution in [-0.2, 0) is 13.0 Å². The van der Waals surface area contributed by atoms with E-state index in [1.807, 2.05) is 46.2 Å². The van der Waals surface area contributed by atoms with E-state index in [0.29, 0.717) is 25.5 Å². The molecular weight excluding hydrogens is 390 g/mol. The smallest absolute Gasteiger partial charge is 0.254 e. The number of aromatic nitrogens is 1. The molecule has 8 heteroatoms. The largest absolute Gasteiger partial charge is 0.369 e. The Bertz CT molecular complexity index is 1060. The first kappa shape index (κ1) is 19.5. The predicted octanol–water partition coefficient (Wildman–Crippen LogP) is 2.39. The van der Waals surface area contributed by atoms with Gasteiger partial charge in [-0.3, -0.25) is 14.7 Å². The first-order valence-corrected chi connectivity index (χ1v) is 10.9. The molecule has 2 aromatic rings. The number of fused-ring (bicyclic) bond motifs is 1. The van der Waals surface area contributed by atoms with Crippen LogP contribution in [0.3, 0.4) is 0 Å². The second-order valence-corrected chi connectivity index (χ2v) is 8.42. The molecule has 1 amide bonds. The Labute approximate surface area is 181 Å². The Hall–Kier alpha value is -3.42. The highest BCUT2D eigenvalue weighted by atomic mass is 16.2. The summed E-state index contributed by atoms with van der Waals surface area (Å²) in [6.45, 7) is 1.15. The van der Waals surface area contributed by atoms with Crippen molar-refractivity contribution in [1.29, 1.82) is 0 Å². The molecule has 0 saturated heterocycles. The molecule has 160 valence electrons. The lowest BCUT2D eigenvalue weighted by molar-refractivity contribution is 0.0780. The number of anilines is 1. The summed E-state index contributed by atoms with van der Waals surface area (Å²) < 4.78 is 0. The van der Waals surface area contributed by atoms with E-state index in [-0.39, 0.29) is 11.9 Å². The van der Waals surface area contributed by atoms with Gasteiger partial charge >= 0.3 is 0 Å². The van der Waals surface area contributed by atoms with E-state index in [4.69, 9.17) is 16.5 Å². The van der Waals surface area contributed by atoms with Gasteiger partial charge in [0.25, 0.3) is 5.91 Å². The zero-order chi connectivity index (χ0) is 21.4. The van der Waals surface area contributed by atoms with Crippen LogP contribution < -0.4 is 16.4 Å². The maximum Gasteiger partial charge on any atom is 0.254 e. The van der Waals surface area contributed by atoms with Crippen LogP contribution in [0.15, 0.2) is 52.6 Å². The molecule has 1 aromatic carbocycles. The van der Waals surface area contributed by atoms with Crippen LogP contribution >= 0.6 is 0 Å². The standard InChI is InChI=1S/C23H27N7O/c24-21-27-22(25)30(23(28-21)11-3-1-4-12-23)19-9-6-8-17-18(19)15-29(20(17)31)14-10-16-7-2-5-13-26-16/h2,5-9,13H,1,3-4,10-12,14-15H2,(H4,24,25,27,28). The van der Waals surface area contributed by atoms with Gasteiger partial charge in [-0.15, -0.1) is 0 Å². The van der Waals surface area contributed by atoms with Crippen molar-refractivity contribution in [3.63, 3.8) is 0 Å². The van der Waals surface area contributed by atoms with Gasteiger partial charge in [0.1, 0.15) is 5.66 Å². The van der Waals surface area contributed by atoms with Crippen molar-refractivity contribution in [3.05, 3.63) is 59.4 Å². The van der Waals surface area contributed by atoms with Crippen molar-refractivity contribution >= 4 is 23.5 Å². The molecule has 3 heterocycles. The van der Waals surface area contributed by atoms with E-state index in [1.165, 1.54) is 6.42 Å². The summed E-state index contributed by atoms with van der Waals surface area (Å²) in [7, 11) is 0. The number of hydrogen-bond donors (Lipinski definition) is 2. The second-order valence-electron chi connectivity index (χ2n) is 8.42. The van der Waals surface area contributed by atoms with Crippen molar-refractivity contribution in [3.8, 4) is 0 Å². The van der Waals surface area contributed by atoms with Gasteiger partial charge in [-0.25, -0.2) is 4.99 Å². The summed E-state index contributed by atoms with van der Waals surface area (Å²) in [4.78, 5) is 30.4. The molecule has 2 aliphatic heterocycles. The van der Waals surface area contributed by atoms with Gasteiger partial charge < -0.3 is 16.4 Å². The van der Waals surface area contributed by atoms with Gasteiger partial charge in [0, 0.05) is 42.5 Å². The number of nitrogens with zero attached hydrogens (tertiary/aromatic N) is 5. The monoisotopic (exact) mass is 417 g/mol. The molecule has 31 heavy (non-hydrogen) atoms. The Balaban J connectivity index is 1.47. The molecule has 0 atom stereocenters. The molecule has 8 nitrogen and oxygen atoms in total. The zero-order valence-corrected chi connectivity index (χ0v) is 17.5. The predicted molar refractivity (Wildman–Crippen MR) is 121 cm³/mol. The second kappa shape index (κ2) is 7.68. The highest BCUT2D eigenvalue weighted by Crippen LogP contribution is 2.42. The van der Waals surface area contributed by atoms with Gasteiger partial charge in [-0.1, -0.05) is 18.6 Å². The SMILES string of the molecule is NC1=NC2(CCCCC2)N(c2cccc3c2CN(CCc2ccccn2)C3=O)C(N)=N1. The van der Waals surface area contributed by atoms with E-state index in [1.54, 1.807) is 6.20 Å². The Kier molecular flexibility index (Phi) is 4.84. The van der Waals surface area contributed by atoms with E-state index >= 15 is 0 Å². The van der Waals surface area contributed by atoms with Crippen LogP contribution in [0.4, 0.5) is 5.69 Å². The molecule has 4 N–H and O–H groups in total. The van der Waals surface area contributed by atoms with Crippen LogP contribution in [0.2, 0.25) is 0 Å². The minimum absolute atomic E-state index is 0.0426. The number of amides is 1.